The third-order valence-corrected chi connectivity index (χ3v) is 4.43. The number of nitrogens with one attached hydrogen (secondary N) is 1. The van der Waals surface area contributed by atoms with Gasteiger partial charge in [-0.2, -0.15) is 0 Å². The molecule has 0 amide bonds. The summed E-state index contributed by atoms with van der Waals surface area (Å²) < 4.78 is 2.27. The van der Waals surface area contributed by atoms with Gasteiger partial charge in [0.2, 0.25) is 0 Å². The second-order valence-corrected chi connectivity index (χ2v) is 5.81. The number of hydrogen-bond acceptors (Lipinski definition) is 1. The molecule has 0 unspecified atom stereocenters. The first-order chi connectivity index (χ1) is 8.08. The van der Waals surface area contributed by atoms with Crippen molar-refractivity contribution in [1.29, 1.82) is 0 Å². The quantitative estimate of drug-likeness (QED) is 0.799. The molecule has 2 heteroatoms. The summed E-state index contributed by atoms with van der Waals surface area (Å²) in [4.78, 5) is 0. The van der Waals surface area contributed by atoms with Gasteiger partial charge in [0.05, 0.1) is 0 Å². The van der Waals surface area contributed by atoms with Gasteiger partial charge in [-0.05, 0) is 50.2 Å². The molecule has 1 aromatic rings. The first-order valence-electron chi connectivity index (χ1n) is 6.90. The molecule has 1 aliphatic rings. The Labute approximate surface area is 105 Å². The summed E-state index contributed by atoms with van der Waals surface area (Å²) in [6.45, 7) is 8.91. The predicted octanol–water partition coefficient (Wildman–Crippen LogP) is 3.31. The lowest BCUT2D eigenvalue weighted by Gasteiger charge is -2.14. The van der Waals surface area contributed by atoms with E-state index >= 15 is 0 Å². The lowest BCUT2D eigenvalue weighted by molar-refractivity contribution is 0.420. The number of aromatic nitrogens is 1. The number of nitrogens with zero attached hydrogens (tertiary/aromatic N) is 1. The lowest BCUT2D eigenvalue weighted by atomic mass is 10.0. The summed E-state index contributed by atoms with van der Waals surface area (Å²) in [6, 6.07) is 2.31. The molecule has 0 aliphatic heterocycles. The first kappa shape index (κ1) is 12.7. The topological polar surface area (TPSA) is 17.0 Å². The normalized spacial score (nSPS) is 17.4. The van der Waals surface area contributed by atoms with E-state index in [1.54, 1.807) is 0 Å². The van der Waals surface area contributed by atoms with Crippen LogP contribution in [0.5, 0.6) is 0 Å². The molecular formula is C15H26N2. The van der Waals surface area contributed by atoms with Gasteiger partial charge >= 0.3 is 0 Å². The number of hydrogen-bond donors (Lipinski definition) is 1. The highest BCUT2D eigenvalue weighted by atomic mass is 15.0. The summed E-state index contributed by atoms with van der Waals surface area (Å²) in [7, 11) is 2.15. The molecule has 0 spiro atoms. The van der Waals surface area contributed by atoms with Crippen LogP contribution < -0.4 is 5.32 Å². The van der Waals surface area contributed by atoms with E-state index in [4.69, 9.17) is 0 Å². The molecule has 1 aliphatic carbocycles. The molecule has 0 atom stereocenters. The number of aryl methyl sites for hydroxylation is 1. The van der Waals surface area contributed by atoms with E-state index in [-0.39, 0.29) is 0 Å². The fourth-order valence-electron chi connectivity index (χ4n) is 2.80. The van der Waals surface area contributed by atoms with Gasteiger partial charge in [0.25, 0.3) is 0 Å². The van der Waals surface area contributed by atoms with Gasteiger partial charge in [0.15, 0.2) is 0 Å². The molecule has 1 saturated carbocycles. The van der Waals surface area contributed by atoms with E-state index in [2.05, 4.69) is 43.8 Å². The minimum absolute atomic E-state index is 0.659. The summed E-state index contributed by atoms with van der Waals surface area (Å²) >= 11 is 0. The highest BCUT2D eigenvalue weighted by Gasteiger charge is 2.40. The standard InChI is InChI=1S/C15H26N2/c1-5-6-15(7-8-15)11-16-10-14-9-12(2)17(4)13(14)3/h9,16H,5-8,10-11H2,1-4H3. The zero-order chi connectivity index (χ0) is 12.5. The molecule has 2 rings (SSSR count). The van der Waals surface area contributed by atoms with Crippen LogP contribution in [0.4, 0.5) is 0 Å². The third-order valence-electron chi connectivity index (χ3n) is 4.43. The minimum atomic E-state index is 0.659. The smallest absolute Gasteiger partial charge is 0.0223 e. The molecule has 0 aromatic carbocycles. The fourth-order valence-corrected chi connectivity index (χ4v) is 2.80. The Hall–Kier alpha value is -0.760. The highest BCUT2D eigenvalue weighted by molar-refractivity contribution is 5.26. The zero-order valence-electron chi connectivity index (χ0n) is 11.8. The highest BCUT2D eigenvalue weighted by Crippen LogP contribution is 2.48. The molecule has 1 aromatic heterocycles. The van der Waals surface area contributed by atoms with Gasteiger partial charge in [-0.25, -0.2) is 0 Å². The molecule has 0 bridgehead atoms. The van der Waals surface area contributed by atoms with Crippen molar-refractivity contribution >= 4 is 0 Å². The predicted molar refractivity (Wildman–Crippen MR) is 73.2 cm³/mol. The van der Waals surface area contributed by atoms with Crippen LogP contribution in [0.3, 0.4) is 0 Å². The summed E-state index contributed by atoms with van der Waals surface area (Å²) in [5.41, 5.74) is 4.87. The molecule has 1 N–H and O–H groups in total. The van der Waals surface area contributed by atoms with Gasteiger partial charge in [-0.15, -0.1) is 0 Å². The largest absolute Gasteiger partial charge is 0.352 e. The number of rotatable bonds is 6. The molecular weight excluding hydrogens is 208 g/mol. The van der Waals surface area contributed by atoms with E-state index in [1.165, 1.54) is 49.2 Å². The molecule has 0 saturated heterocycles. The van der Waals surface area contributed by atoms with Gasteiger partial charge in [-0.1, -0.05) is 13.3 Å². The maximum atomic E-state index is 3.66. The SMILES string of the molecule is CCCC1(CNCc2cc(C)n(C)c2C)CC1. The zero-order valence-corrected chi connectivity index (χ0v) is 11.8. The Morgan fingerprint density at radius 3 is 2.53 bits per heavy atom. The Balaban J connectivity index is 1.84. The van der Waals surface area contributed by atoms with Crippen LogP contribution >= 0.6 is 0 Å². The van der Waals surface area contributed by atoms with Crippen LogP contribution in [-0.4, -0.2) is 11.1 Å². The van der Waals surface area contributed by atoms with E-state index < -0.39 is 0 Å². The van der Waals surface area contributed by atoms with Crippen molar-refractivity contribution in [2.24, 2.45) is 12.5 Å². The van der Waals surface area contributed by atoms with Crippen molar-refractivity contribution in [1.82, 2.24) is 9.88 Å². The van der Waals surface area contributed by atoms with Crippen molar-refractivity contribution in [3.8, 4) is 0 Å². The fraction of sp³-hybridized carbons (Fsp3) is 0.733. The Morgan fingerprint density at radius 2 is 2.06 bits per heavy atom. The van der Waals surface area contributed by atoms with E-state index in [1.807, 2.05) is 0 Å². The summed E-state index contributed by atoms with van der Waals surface area (Å²) in [6.07, 6.45) is 5.58. The van der Waals surface area contributed by atoms with Gasteiger partial charge in [0, 0.05) is 31.5 Å². The molecule has 17 heavy (non-hydrogen) atoms. The van der Waals surface area contributed by atoms with Crippen molar-refractivity contribution < 1.29 is 0 Å². The molecule has 96 valence electrons. The summed E-state index contributed by atoms with van der Waals surface area (Å²) in [5, 5.41) is 3.66. The Bertz CT molecular complexity index is 386. The van der Waals surface area contributed by atoms with Crippen molar-refractivity contribution in [2.75, 3.05) is 6.54 Å². The van der Waals surface area contributed by atoms with E-state index in [0.29, 0.717) is 5.41 Å². The average Bonchev–Trinajstić information content (AvgIpc) is 3.01. The second kappa shape index (κ2) is 4.85. The minimum Gasteiger partial charge on any atom is -0.352 e. The van der Waals surface area contributed by atoms with Crippen LogP contribution in [0.2, 0.25) is 0 Å². The van der Waals surface area contributed by atoms with Crippen LogP contribution in [0.15, 0.2) is 6.07 Å². The molecule has 0 radical (unpaired) electrons. The van der Waals surface area contributed by atoms with Crippen LogP contribution in [0, 0.1) is 19.3 Å². The Morgan fingerprint density at radius 1 is 1.35 bits per heavy atom. The second-order valence-electron chi connectivity index (χ2n) is 5.81. The van der Waals surface area contributed by atoms with Crippen molar-refractivity contribution in [3.63, 3.8) is 0 Å². The van der Waals surface area contributed by atoms with Crippen molar-refractivity contribution in [3.05, 3.63) is 23.0 Å². The van der Waals surface area contributed by atoms with Crippen LogP contribution in [0.25, 0.3) is 0 Å². The van der Waals surface area contributed by atoms with Crippen LogP contribution in [0.1, 0.15) is 49.6 Å². The maximum absolute atomic E-state index is 3.66. The molecule has 1 fully saturated rings. The average molecular weight is 234 g/mol. The third kappa shape index (κ3) is 2.74. The first-order valence-corrected chi connectivity index (χ1v) is 6.90. The molecule has 1 heterocycles. The van der Waals surface area contributed by atoms with Gasteiger partial charge in [-0.3, -0.25) is 0 Å². The van der Waals surface area contributed by atoms with Crippen LogP contribution in [-0.2, 0) is 13.6 Å². The maximum Gasteiger partial charge on any atom is 0.0223 e. The monoisotopic (exact) mass is 234 g/mol. The van der Waals surface area contributed by atoms with Gasteiger partial charge in [0.1, 0.15) is 0 Å². The van der Waals surface area contributed by atoms with Crippen molar-refractivity contribution in [2.45, 2.75) is 53.0 Å². The molecule has 2 nitrogen and oxygen atoms in total. The van der Waals surface area contributed by atoms with E-state index in [9.17, 15) is 0 Å². The van der Waals surface area contributed by atoms with Gasteiger partial charge < -0.3 is 9.88 Å². The van der Waals surface area contributed by atoms with E-state index in [0.717, 1.165) is 6.54 Å². The summed E-state index contributed by atoms with van der Waals surface area (Å²) in [5.74, 6) is 0. The lowest BCUT2D eigenvalue weighted by Crippen LogP contribution is -2.23. The Kier molecular flexibility index (Phi) is 3.62.